The highest BCUT2D eigenvalue weighted by atomic mass is 16.5. The molecule has 4 heteroatoms. The molecule has 1 saturated heterocycles. The average Bonchev–Trinajstić information content (AvgIpc) is 2.74. The summed E-state index contributed by atoms with van der Waals surface area (Å²) in [5.41, 5.74) is 5.03. The molecule has 3 rings (SSSR count). The average molecular weight is 398 g/mol. The number of benzene rings is 2. The summed E-state index contributed by atoms with van der Waals surface area (Å²) in [5, 5.41) is 19.2. The molecule has 1 unspecified atom stereocenters. The number of hydrogen-bond acceptors (Lipinski definition) is 4. The fourth-order valence-corrected chi connectivity index (χ4v) is 4.13. The Morgan fingerprint density at radius 3 is 2.59 bits per heavy atom. The van der Waals surface area contributed by atoms with Gasteiger partial charge in [-0.3, -0.25) is 4.90 Å². The Morgan fingerprint density at radius 1 is 1.03 bits per heavy atom. The molecule has 1 aliphatic rings. The SMILES string of the molecule is Cc1ccccc1-c1ccc(COCCCCCN2CCC(O)C[C@@H]2CO)cc1. The van der Waals surface area contributed by atoms with E-state index in [0.717, 1.165) is 45.4 Å². The summed E-state index contributed by atoms with van der Waals surface area (Å²) in [5.74, 6) is 0. The minimum Gasteiger partial charge on any atom is -0.395 e. The number of hydrogen-bond donors (Lipinski definition) is 2. The number of aryl methyl sites for hydroxylation is 1. The summed E-state index contributed by atoms with van der Waals surface area (Å²) in [6, 6.07) is 17.2. The molecule has 0 radical (unpaired) electrons. The third kappa shape index (κ3) is 6.65. The lowest BCUT2D eigenvalue weighted by Gasteiger charge is -2.36. The number of likely N-dealkylation sites (tertiary alicyclic amines) is 1. The number of aliphatic hydroxyl groups is 2. The van der Waals surface area contributed by atoms with Gasteiger partial charge in [-0.25, -0.2) is 0 Å². The Balaban J connectivity index is 1.30. The quantitative estimate of drug-likeness (QED) is 0.591. The van der Waals surface area contributed by atoms with Gasteiger partial charge in [0.15, 0.2) is 0 Å². The summed E-state index contributed by atoms with van der Waals surface area (Å²) >= 11 is 0. The zero-order valence-corrected chi connectivity index (χ0v) is 17.6. The lowest BCUT2D eigenvalue weighted by molar-refractivity contribution is 0.0160. The Morgan fingerprint density at radius 2 is 1.83 bits per heavy atom. The second kappa shape index (κ2) is 11.5. The Bertz CT molecular complexity index is 731. The highest BCUT2D eigenvalue weighted by Gasteiger charge is 2.26. The minimum atomic E-state index is -0.248. The van der Waals surface area contributed by atoms with Crippen molar-refractivity contribution < 1.29 is 14.9 Å². The van der Waals surface area contributed by atoms with Crippen LogP contribution in [0.4, 0.5) is 0 Å². The van der Waals surface area contributed by atoms with Crippen molar-refractivity contribution in [2.45, 2.75) is 57.8 Å². The highest BCUT2D eigenvalue weighted by Crippen LogP contribution is 2.23. The van der Waals surface area contributed by atoms with Gasteiger partial charge in [0.2, 0.25) is 0 Å². The number of nitrogens with zero attached hydrogens (tertiary/aromatic N) is 1. The number of ether oxygens (including phenoxy) is 1. The predicted molar refractivity (Wildman–Crippen MR) is 118 cm³/mol. The van der Waals surface area contributed by atoms with Crippen molar-refractivity contribution >= 4 is 0 Å². The lowest BCUT2D eigenvalue weighted by Crippen LogP contribution is -2.46. The fraction of sp³-hybridized carbons (Fsp3) is 0.520. The molecule has 29 heavy (non-hydrogen) atoms. The van der Waals surface area contributed by atoms with Crippen molar-refractivity contribution in [3.63, 3.8) is 0 Å². The Kier molecular flexibility index (Phi) is 8.69. The van der Waals surface area contributed by atoms with Crippen molar-refractivity contribution in [2.24, 2.45) is 0 Å². The van der Waals surface area contributed by atoms with Gasteiger partial charge in [-0.05, 0) is 67.8 Å². The topological polar surface area (TPSA) is 52.9 Å². The lowest BCUT2D eigenvalue weighted by atomic mass is 9.99. The van der Waals surface area contributed by atoms with E-state index in [1.54, 1.807) is 0 Å². The summed E-state index contributed by atoms with van der Waals surface area (Å²) in [7, 11) is 0. The molecule has 0 bridgehead atoms. The standard InChI is InChI=1S/C25H35NO3/c1-20-7-3-4-8-25(20)22-11-9-21(10-12-22)19-29-16-6-2-5-14-26-15-13-24(28)17-23(26)18-27/h3-4,7-12,23-24,27-28H,2,5-6,13-19H2,1H3/t23-,24?/m1/s1. The first-order valence-corrected chi connectivity index (χ1v) is 10.9. The molecule has 2 aromatic rings. The summed E-state index contributed by atoms with van der Waals surface area (Å²) in [6.07, 6.45) is 4.57. The van der Waals surface area contributed by atoms with E-state index in [-0.39, 0.29) is 18.8 Å². The highest BCUT2D eigenvalue weighted by molar-refractivity contribution is 5.67. The largest absolute Gasteiger partial charge is 0.395 e. The first-order valence-electron chi connectivity index (χ1n) is 10.9. The van der Waals surface area contributed by atoms with E-state index in [0.29, 0.717) is 13.0 Å². The van der Waals surface area contributed by atoms with Gasteiger partial charge in [0.05, 0.1) is 19.3 Å². The van der Waals surface area contributed by atoms with Crippen LogP contribution in [0.1, 0.15) is 43.2 Å². The third-order valence-corrected chi connectivity index (χ3v) is 5.93. The summed E-state index contributed by atoms with van der Waals surface area (Å²) < 4.78 is 5.85. The van der Waals surface area contributed by atoms with Crippen LogP contribution >= 0.6 is 0 Å². The second-order valence-corrected chi connectivity index (χ2v) is 8.18. The molecular weight excluding hydrogens is 362 g/mol. The first kappa shape index (κ1) is 22.0. The van der Waals surface area contributed by atoms with Gasteiger partial charge in [0.25, 0.3) is 0 Å². The molecule has 0 amide bonds. The number of piperidine rings is 1. The van der Waals surface area contributed by atoms with Gasteiger partial charge in [-0.2, -0.15) is 0 Å². The summed E-state index contributed by atoms with van der Waals surface area (Å²) in [4.78, 5) is 2.32. The molecule has 1 heterocycles. The van der Waals surface area contributed by atoms with Gasteiger partial charge < -0.3 is 14.9 Å². The van der Waals surface area contributed by atoms with E-state index in [1.807, 2.05) is 0 Å². The van der Waals surface area contributed by atoms with E-state index < -0.39 is 0 Å². The van der Waals surface area contributed by atoms with E-state index in [2.05, 4.69) is 60.4 Å². The van der Waals surface area contributed by atoms with Crippen LogP contribution in [-0.2, 0) is 11.3 Å². The van der Waals surface area contributed by atoms with Crippen LogP contribution in [0.15, 0.2) is 48.5 Å². The molecule has 0 saturated carbocycles. The van der Waals surface area contributed by atoms with E-state index in [9.17, 15) is 10.2 Å². The molecular formula is C25H35NO3. The molecule has 158 valence electrons. The van der Waals surface area contributed by atoms with Crippen LogP contribution < -0.4 is 0 Å². The van der Waals surface area contributed by atoms with Crippen LogP contribution in [0, 0.1) is 6.92 Å². The maximum atomic E-state index is 9.72. The zero-order valence-electron chi connectivity index (χ0n) is 17.6. The Hall–Kier alpha value is -1.72. The maximum absolute atomic E-state index is 9.72. The minimum absolute atomic E-state index is 0.123. The molecule has 0 aliphatic carbocycles. The monoisotopic (exact) mass is 397 g/mol. The van der Waals surface area contributed by atoms with Crippen LogP contribution in [0.2, 0.25) is 0 Å². The summed E-state index contributed by atoms with van der Waals surface area (Å²) in [6.45, 7) is 5.61. The maximum Gasteiger partial charge on any atom is 0.0716 e. The van der Waals surface area contributed by atoms with Gasteiger partial charge in [-0.1, -0.05) is 48.5 Å². The number of aliphatic hydroxyl groups excluding tert-OH is 2. The molecule has 2 N–H and O–H groups in total. The number of unbranched alkanes of at least 4 members (excludes halogenated alkanes) is 2. The molecule has 0 aromatic heterocycles. The van der Waals surface area contributed by atoms with Gasteiger partial charge in [0, 0.05) is 19.2 Å². The molecule has 1 aliphatic heterocycles. The predicted octanol–water partition coefficient (Wildman–Crippen LogP) is 4.17. The molecule has 4 nitrogen and oxygen atoms in total. The van der Waals surface area contributed by atoms with Crippen molar-refractivity contribution in [3.05, 3.63) is 59.7 Å². The van der Waals surface area contributed by atoms with Crippen LogP contribution in [0.5, 0.6) is 0 Å². The Labute approximate surface area is 175 Å². The van der Waals surface area contributed by atoms with Crippen LogP contribution in [0.3, 0.4) is 0 Å². The second-order valence-electron chi connectivity index (χ2n) is 8.18. The van der Waals surface area contributed by atoms with Crippen LogP contribution in [-0.4, -0.2) is 53.6 Å². The molecule has 0 spiro atoms. The molecule has 1 fully saturated rings. The fourth-order valence-electron chi connectivity index (χ4n) is 4.13. The molecule has 2 atom stereocenters. The number of rotatable bonds is 10. The van der Waals surface area contributed by atoms with E-state index >= 15 is 0 Å². The third-order valence-electron chi connectivity index (χ3n) is 5.93. The molecule has 2 aromatic carbocycles. The van der Waals surface area contributed by atoms with Gasteiger partial charge in [0.1, 0.15) is 0 Å². The van der Waals surface area contributed by atoms with Crippen molar-refractivity contribution in [3.8, 4) is 11.1 Å². The van der Waals surface area contributed by atoms with Crippen LogP contribution in [0.25, 0.3) is 11.1 Å². The first-order chi connectivity index (χ1) is 14.2. The van der Waals surface area contributed by atoms with Crippen molar-refractivity contribution in [1.82, 2.24) is 4.90 Å². The zero-order chi connectivity index (χ0) is 20.5. The van der Waals surface area contributed by atoms with E-state index in [4.69, 9.17) is 4.74 Å². The van der Waals surface area contributed by atoms with Gasteiger partial charge in [-0.15, -0.1) is 0 Å². The smallest absolute Gasteiger partial charge is 0.0716 e. The van der Waals surface area contributed by atoms with Gasteiger partial charge >= 0.3 is 0 Å². The van der Waals surface area contributed by atoms with Crippen molar-refractivity contribution in [1.29, 1.82) is 0 Å². The normalized spacial score (nSPS) is 20.1. The van der Waals surface area contributed by atoms with E-state index in [1.165, 1.54) is 22.3 Å². The van der Waals surface area contributed by atoms with Crippen molar-refractivity contribution in [2.75, 3.05) is 26.3 Å².